The van der Waals surface area contributed by atoms with Gasteiger partial charge in [0.15, 0.2) is 0 Å². The molecule has 2 rings (SSSR count). The summed E-state index contributed by atoms with van der Waals surface area (Å²) >= 11 is 0. The number of hydrogen-bond donors (Lipinski definition) is 2. The van der Waals surface area contributed by atoms with Crippen molar-refractivity contribution >= 4 is 5.91 Å². The molecule has 2 N–H and O–H groups in total. The molecule has 1 heterocycles. The molecular formula is C15H22N2O. The quantitative estimate of drug-likeness (QED) is 0.851. The second kappa shape index (κ2) is 5.53. The van der Waals surface area contributed by atoms with E-state index < -0.39 is 0 Å². The van der Waals surface area contributed by atoms with Gasteiger partial charge in [-0.05, 0) is 23.9 Å². The van der Waals surface area contributed by atoms with Crippen molar-refractivity contribution in [2.45, 2.75) is 38.1 Å². The molecule has 0 bridgehead atoms. The van der Waals surface area contributed by atoms with Crippen molar-refractivity contribution in [2.75, 3.05) is 13.1 Å². The maximum absolute atomic E-state index is 12.0. The number of hydrogen-bond acceptors (Lipinski definition) is 2. The van der Waals surface area contributed by atoms with Crippen LogP contribution in [0, 0.1) is 0 Å². The Morgan fingerprint density at radius 1 is 1.39 bits per heavy atom. The largest absolute Gasteiger partial charge is 0.352 e. The second-order valence-corrected chi connectivity index (χ2v) is 5.68. The van der Waals surface area contributed by atoms with Crippen LogP contribution in [0.15, 0.2) is 30.3 Å². The summed E-state index contributed by atoms with van der Waals surface area (Å²) in [5, 5.41) is 6.36. The van der Waals surface area contributed by atoms with E-state index in [0.717, 1.165) is 19.5 Å². The van der Waals surface area contributed by atoms with Crippen LogP contribution in [0.4, 0.5) is 0 Å². The molecule has 3 heteroatoms. The molecule has 0 spiro atoms. The van der Waals surface area contributed by atoms with E-state index in [0.29, 0.717) is 12.5 Å². The first kappa shape index (κ1) is 13.1. The molecule has 1 aliphatic rings. The van der Waals surface area contributed by atoms with Gasteiger partial charge in [0.25, 0.3) is 0 Å². The van der Waals surface area contributed by atoms with Crippen LogP contribution in [0.2, 0.25) is 0 Å². The molecule has 0 aliphatic carbocycles. The first-order valence-corrected chi connectivity index (χ1v) is 6.63. The fourth-order valence-electron chi connectivity index (χ4n) is 2.45. The zero-order valence-corrected chi connectivity index (χ0v) is 11.2. The Bertz CT molecular complexity index is 394. The van der Waals surface area contributed by atoms with E-state index in [1.807, 2.05) is 18.2 Å². The van der Waals surface area contributed by atoms with Crippen LogP contribution in [0.1, 0.15) is 32.3 Å². The van der Waals surface area contributed by atoms with Crippen molar-refractivity contribution in [2.24, 2.45) is 0 Å². The molecule has 0 aromatic heterocycles. The van der Waals surface area contributed by atoms with E-state index in [1.165, 1.54) is 5.56 Å². The van der Waals surface area contributed by atoms with Crippen LogP contribution in [-0.2, 0) is 10.2 Å². The Morgan fingerprint density at radius 2 is 2.11 bits per heavy atom. The van der Waals surface area contributed by atoms with Gasteiger partial charge in [0.2, 0.25) is 5.91 Å². The van der Waals surface area contributed by atoms with Gasteiger partial charge in [-0.25, -0.2) is 0 Å². The third-order valence-corrected chi connectivity index (χ3v) is 3.58. The molecule has 0 radical (unpaired) electrons. The fourth-order valence-corrected chi connectivity index (χ4v) is 2.45. The number of rotatable bonds is 4. The minimum Gasteiger partial charge on any atom is -0.352 e. The van der Waals surface area contributed by atoms with Gasteiger partial charge in [-0.1, -0.05) is 44.2 Å². The second-order valence-electron chi connectivity index (χ2n) is 5.68. The molecule has 18 heavy (non-hydrogen) atoms. The van der Waals surface area contributed by atoms with Gasteiger partial charge in [-0.15, -0.1) is 0 Å². The summed E-state index contributed by atoms with van der Waals surface area (Å²) in [6.07, 6.45) is 1.57. The van der Waals surface area contributed by atoms with Crippen LogP contribution >= 0.6 is 0 Å². The molecule has 1 atom stereocenters. The monoisotopic (exact) mass is 246 g/mol. The summed E-state index contributed by atoms with van der Waals surface area (Å²) in [5.41, 5.74) is 1.10. The highest BCUT2D eigenvalue weighted by atomic mass is 16.1. The summed E-state index contributed by atoms with van der Waals surface area (Å²) in [4.78, 5) is 12.0. The summed E-state index contributed by atoms with van der Waals surface area (Å²) < 4.78 is 0. The number of benzene rings is 1. The van der Waals surface area contributed by atoms with Gasteiger partial charge >= 0.3 is 0 Å². The molecule has 1 aromatic carbocycles. The Balaban J connectivity index is 1.93. The average molecular weight is 246 g/mol. The van der Waals surface area contributed by atoms with Crippen LogP contribution in [0.5, 0.6) is 0 Å². The van der Waals surface area contributed by atoms with Crippen LogP contribution in [0.25, 0.3) is 0 Å². The van der Waals surface area contributed by atoms with Gasteiger partial charge in [-0.3, -0.25) is 4.79 Å². The van der Waals surface area contributed by atoms with E-state index in [2.05, 4.69) is 36.6 Å². The molecule has 3 nitrogen and oxygen atoms in total. The lowest BCUT2D eigenvalue weighted by Gasteiger charge is -2.25. The highest BCUT2D eigenvalue weighted by Gasteiger charge is 2.25. The first-order chi connectivity index (χ1) is 8.58. The highest BCUT2D eigenvalue weighted by Crippen LogP contribution is 2.26. The summed E-state index contributed by atoms with van der Waals surface area (Å²) in [7, 11) is 0. The standard InChI is InChI=1S/C15H22N2O/c1-15(2,12-6-4-3-5-7-12)10-14(18)17-13-8-9-16-11-13/h3-7,13,16H,8-11H2,1-2H3,(H,17,18). The third-order valence-electron chi connectivity index (χ3n) is 3.58. The molecule has 0 saturated carbocycles. The zero-order chi connectivity index (χ0) is 13.0. The Hall–Kier alpha value is -1.35. The van der Waals surface area contributed by atoms with Crippen molar-refractivity contribution in [3.05, 3.63) is 35.9 Å². The number of nitrogens with one attached hydrogen (secondary N) is 2. The molecular weight excluding hydrogens is 224 g/mol. The van der Waals surface area contributed by atoms with Crippen molar-refractivity contribution in [1.82, 2.24) is 10.6 Å². The van der Waals surface area contributed by atoms with Crippen LogP contribution in [-0.4, -0.2) is 25.0 Å². The van der Waals surface area contributed by atoms with Crippen molar-refractivity contribution in [3.63, 3.8) is 0 Å². The van der Waals surface area contributed by atoms with Gasteiger partial charge in [0.1, 0.15) is 0 Å². The molecule has 98 valence electrons. The Labute approximate surface area is 109 Å². The van der Waals surface area contributed by atoms with Crippen molar-refractivity contribution in [3.8, 4) is 0 Å². The minimum atomic E-state index is -0.114. The van der Waals surface area contributed by atoms with E-state index in [1.54, 1.807) is 0 Å². The maximum atomic E-state index is 12.0. The summed E-state index contributed by atoms with van der Waals surface area (Å²) in [6, 6.07) is 10.5. The molecule has 1 aliphatic heterocycles. The fraction of sp³-hybridized carbons (Fsp3) is 0.533. The van der Waals surface area contributed by atoms with Crippen LogP contribution in [0.3, 0.4) is 0 Å². The predicted octanol–water partition coefficient (Wildman–Crippen LogP) is 1.83. The van der Waals surface area contributed by atoms with Gasteiger partial charge in [-0.2, -0.15) is 0 Å². The van der Waals surface area contributed by atoms with E-state index in [9.17, 15) is 4.79 Å². The van der Waals surface area contributed by atoms with Crippen LogP contribution < -0.4 is 10.6 Å². The average Bonchev–Trinajstić information content (AvgIpc) is 2.82. The number of carbonyl (C=O) groups excluding carboxylic acids is 1. The Morgan fingerprint density at radius 3 is 2.72 bits per heavy atom. The topological polar surface area (TPSA) is 41.1 Å². The minimum absolute atomic E-state index is 0.114. The van der Waals surface area contributed by atoms with Gasteiger partial charge < -0.3 is 10.6 Å². The number of carbonyl (C=O) groups is 1. The SMILES string of the molecule is CC(C)(CC(=O)NC1CCNC1)c1ccccc1. The van der Waals surface area contributed by atoms with E-state index in [4.69, 9.17) is 0 Å². The first-order valence-electron chi connectivity index (χ1n) is 6.63. The molecule has 1 aromatic rings. The van der Waals surface area contributed by atoms with E-state index in [-0.39, 0.29) is 11.3 Å². The normalized spacial score (nSPS) is 19.8. The molecule has 1 amide bonds. The lowest BCUT2D eigenvalue weighted by Crippen LogP contribution is -2.39. The lowest BCUT2D eigenvalue weighted by molar-refractivity contribution is -0.122. The zero-order valence-electron chi connectivity index (χ0n) is 11.2. The Kier molecular flexibility index (Phi) is 4.02. The lowest BCUT2D eigenvalue weighted by atomic mass is 9.81. The van der Waals surface area contributed by atoms with Gasteiger partial charge in [0, 0.05) is 19.0 Å². The maximum Gasteiger partial charge on any atom is 0.221 e. The summed E-state index contributed by atoms with van der Waals surface area (Å²) in [6.45, 7) is 6.15. The smallest absolute Gasteiger partial charge is 0.221 e. The third kappa shape index (κ3) is 3.33. The molecule has 1 saturated heterocycles. The highest BCUT2D eigenvalue weighted by molar-refractivity contribution is 5.77. The van der Waals surface area contributed by atoms with Gasteiger partial charge in [0.05, 0.1) is 0 Å². The van der Waals surface area contributed by atoms with Crippen molar-refractivity contribution < 1.29 is 4.79 Å². The van der Waals surface area contributed by atoms with Crippen molar-refractivity contribution in [1.29, 1.82) is 0 Å². The summed E-state index contributed by atoms with van der Waals surface area (Å²) in [5.74, 6) is 0.151. The molecule has 1 unspecified atom stereocenters. The van der Waals surface area contributed by atoms with E-state index >= 15 is 0 Å². The number of amides is 1. The predicted molar refractivity (Wildman–Crippen MR) is 73.5 cm³/mol. The molecule has 1 fully saturated rings.